The lowest BCUT2D eigenvalue weighted by atomic mass is 10.1. The molecule has 2 aromatic rings. The summed E-state index contributed by atoms with van der Waals surface area (Å²) in [6.45, 7) is 8.13. The van der Waals surface area contributed by atoms with Crippen LogP contribution in [0.4, 0.5) is 4.79 Å². The van der Waals surface area contributed by atoms with Crippen molar-refractivity contribution in [1.82, 2.24) is 5.32 Å². The van der Waals surface area contributed by atoms with Crippen molar-refractivity contribution >= 4 is 17.4 Å². The highest BCUT2D eigenvalue weighted by atomic mass is 32.1. The van der Waals surface area contributed by atoms with Gasteiger partial charge in [-0.1, -0.05) is 29.8 Å². The van der Waals surface area contributed by atoms with E-state index in [0.717, 1.165) is 4.88 Å². The van der Waals surface area contributed by atoms with Gasteiger partial charge in [-0.15, -0.1) is 11.3 Å². The summed E-state index contributed by atoms with van der Waals surface area (Å²) in [5.41, 5.74) is 1.99. The summed E-state index contributed by atoms with van der Waals surface area (Å²) in [5.74, 6) is 0. The maximum absolute atomic E-state index is 11.6. The Morgan fingerprint density at radius 3 is 2.43 bits per heavy atom. The number of benzene rings is 1. The Labute approximate surface area is 130 Å². The number of carbonyl (C=O) groups excluding carboxylic acids is 1. The fraction of sp³-hybridized carbons (Fsp3) is 0.353. The Bertz CT molecular complexity index is 608. The molecule has 1 amide bonds. The van der Waals surface area contributed by atoms with Crippen LogP contribution in [-0.2, 0) is 11.3 Å². The second kappa shape index (κ2) is 6.31. The van der Waals surface area contributed by atoms with Gasteiger partial charge in [-0.25, -0.2) is 4.79 Å². The van der Waals surface area contributed by atoms with Crippen LogP contribution in [0.25, 0.3) is 10.4 Å². The van der Waals surface area contributed by atoms with E-state index >= 15 is 0 Å². The largest absolute Gasteiger partial charge is 0.444 e. The normalized spacial score (nSPS) is 11.2. The first-order chi connectivity index (χ1) is 9.83. The molecule has 1 heterocycles. The summed E-state index contributed by atoms with van der Waals surface area (Å²) in [6.07, 6.45) is -0.382. The van der Waals surface area contributed by atoms with Gasteiger partial charge in [0.2, 0.25) is 0 Å². The fourth-order valence-corrected chi connectivity index (χ4v) is 2.77. The van der Waals surface area contributed by atoms with E-state index in [1.54, 1.807) is 11.3 Å². The van der Waals surface area contributed by atoms with E-state index in [0.29, 0.717) is 6.54 Å². The van der Waals surface area contributed by atoms with Crippen LogP contribution in [-0.4, -0.2) is 11.7 Å². The van der Waals surface area contributed by atoms with Gasteiger partial charge in [-0.2, -0.15) is 0 Å². The van der Waals surface area contributed by atoms with Crippen molar-refractivity contribution in [2.75, 3.05) is 0 Å². The van der Waals surface area contributed by atoms with Crippen molar-refractivity contribution in [2.24, 2.45) is 0 Å². The number of thiophene rings is 1. The van der Waals surface area contributed by atoms with Gasteiger partial charge in [0.15, 0.2) is 0 Å². The predicted octanol–water partition coefficient (Wildman–Crippen LogP) is 4.75. The molecule has 2 rings (SSSR count). The van der Waals surface area contributed by atoms with Crippen LogP contribution in [0.5, 0.6) is 0 Å². The smallest absolute Gasteiger partial charge is 0.407 e. The van der Waals surface area contributed by atoms with Crippen molar-refractivity contribution in [3.05, 3.63) is 46.8 Å². The standard InChI is InChI=1S/C17H21NO2S/c1-12-5-7-13(8-6-12)15-10-9-14(21-15)11-18-16(19)20-17(2,3)4/h5-10H,11H2,1-4H3,(H,18,19). The first-order valence-corrected chi connectivity index (χ1v) is 7.78. The number of alkyl carbamates (subject to hydrolysis) is 1. The van der Waals surface area contributed by atoms with Gasteiger partial charge in [-0.05, 0) is 45.4 Å². The summed E-state index contributed by atoms with van der Waals surface area (Å²) < 4.78 is 5.22. The molecule has 21 heavy (non-hydrogen) atoms. The van der Waals surface area contributed by atoms with E-state index in [9.17, 15) is 4.79 Å². The molecule has 1 aromatic heterocycles. The third kappa shape index (κ3) is 4.90. The molecule has 0 radical (unpaired) electrons. The number of aryl methyl sites for hydroxylation is 1. The molecule has 1 N–H and O–H groups in total. The Morgan fingerprint density at radius 2 is 1.81 bits per heavy atom. The van der Waals surface area contributed by atoms with Crippen molar-refractivity contribution in [2.45, 2.75) is 39.8 Å². The van der Waals surface area contributed by atoms with Crippen LogP contribution < -0.4 is 5.32 Å². The van der Waals surface area contributed by atoms with Gasteiger partial charge < -0.3 is 10.1 Å². The Balaban J connectivity index is 1.94. The number of hydrogen-bond acceptors (Lipinski definition) is 3. The molecule has 0 unspecified atom stereocenters. The topological polar surface area (TPSA) is 38.3 Å². The molecule has 0 aliphatic carbocycles. The van der Waals surface area contributed by atoms with Crippen molar-refractivity contribution < 1.29 is 9.53 Å². The zero-order valence-corrected chi connectivity index (χ0v) is 13.7. The quantitative estimate of drug-likeness (QED) is 0.888. The van der Waals surface area contributed by atoms with Crippen LogP contribution in [0.3, 0.4) is 0 Å². The fourth-order valence-electron chi connectivity index (χ4n) is 1.82. The third-order valence-corrected chi connectivity index (χ3v) is 3.94. The summed E-state index contributed by atoms with van der Waals surface area (Å²) in [5, 5.41) is 2.78. The maximum atomic E-state index is 11.6. The molecular weight excluding hydrogens is 282 g/mol. The maximum Gasteiger partial charge on any atom is 0.407 e. The van der Waals surface area contributed by atoms with E-state index in [2.05, 4.69) is 42.6 Å². The SMILES string of the molecule is Cc1ccc(-c2ccc(CNC(=O)OC(C)(C)C)s2)cc1. The molecule has 0 spiro atoms. The van der Waals surface area contributed by atoms with Crippen LogP contribution in [0, 0.1) is 6.92 Å². The average molecular weight is 303 g/mol. The van der Waals surface area contributed by atoms with Gasteiger partial charge in [0.25, 0.3) is 0 Å². The zero-order valence-electron chi connectivity index (χ0n) is 12.9. The predicted molar refractivity (Wildman–Crippen MR) is 87.6 cm³/mol. The summed E-state index contributed by atoms with van der Waals surface area (Å²) in [4.78, 5) is 13.9. The molecule has 1 aromatic carbocycles. The Morgan fingerprint density at radius 1 is 1.14 bits per heavy atom. The highest BCUT2D eigenvalue weighted by Gasteiger charge is 2.15. The van der Waals surface area contributed by atoms with Gasteiger partial charge in [0, 0.05) is 9.75 Å². The Kier molecular flexibility index (Phi) is 4.68. The number of hydrogen-bond donors (Lipinski definition) is 1. The summed E-state index contributed by atoms with van der Waals surface area (Å²) in [7, 11) is 0. The monoisotopic (exact) mass is 303 g/mol. The second-order valence-electron chi connectivity index (χ2n) is 5.99. The van der Waals surface area contributed by atoms with Crippen molar-refractivity contribution in [3.8, 4) is 10.4 Å². The lowest BCUT2D eigenvalue weighted by molar-refractivity contribution is 0.0524. The molecule has 3 nitrogen and oxygen atoms in total. The van der Waals surface area contributed by atoms with Gasteiger partial charge in [-0.3, -0.25) is 0 Å². The molecule has 0 aliphatic heterocycles. The van der Waals surface area contributed by atoms with E-state index in [1.807, 2.05) is 26.8 Å². The van der Waals surface area contributed by atoms with Crippen LogP contribution in [0.15, 0.2) is 36.4 Å². The van der Waals surface area contributed by atoms with E-state index in [4.69, 9.17) is 4.74 Å². The second-order valence-corrected chi connectivity index (χ2v) is 7.16. The third-order valence-electron chi connectivity index (χ3n) is 2.80. The lowest BCUT2D eigenvalue weighted by Crippen LogP contribution is -2.31. The van der Waals surface area contributed by atoms with E-state index < -0.39 is 5.60 Å². The molecule has 4 heteroatoms. The first kappa shape index (κ1) is 15.6. The van der Waals surface area contributed by atoms with Crippen LogP contribution >= 0.6 is 11.3 Å². The minimum atomic E-state index is -0.466. The van der Waals surface area contributed by atoms with Crippen LogP contribution in [0.2, 0.25) is 0 Å². The van der Waals surface area contributed by atoms with Gasteiger partial charge >= 0.3 is 6.09 Å². The molecule has 0 saturated carbocycles. The highest BCUT2D eigenvalue weighted by molar-refractivity contribution is 7.15. The average Bonchev–Trinajstić information content (AvgIpc) is 2.84. The zero-order chi connectivity index (χ0) is 15.5. The molecule has 0 bridgehead atoms. The molecule has 112 valence electrons. The van der Waals surface area contributed by atoms with Gasteiger partial charge in [0.1, 0.15) is 5.60 Å². The van der Waals surface area contributed by atoms with Crippen LogP contribution in [0.1, 0.15) is 31.2 Å². The minimum Gasteiger partial charge on any atom is -0.444 e. The number of amides is 1. The first-order valence-electron chi connectivity index (χ1n) is 6.96. The number of ether oxygens (including phenoxy) is 1. The number of carbonyl (C=O) groups is 1. The molecule has 0 fully saturated rings. The van der Waals surface area contributed by atoms with E-state index in [1.165, 1.54) is 16.0 Å². The molecule has 0 aliphatic rings. The summed E-state index contributed by atoms with van der Waals surface area (Å²) in [6, 6.07) is 12.6. The summed E-state index contributed by atoms with van der Waals surface area (Å²) >= 11 is 1.68. The van der Waals surface area contributed by atoms with Crippen molar-refractivity contribution in [1.29, 1.82) is 0 Å². The number of nitrogens with one attached hydrogen (secondary N) is 1. The minimum absolute atomic E-state index is 0.382. The van der Waals surface area contributed by atoms with Gasteiger partial charge in [0.05, 0.1) is 6.54 Å². The Hall–Kier alpha value is -1.81. The van der Waals surface area contributed by atoms with E-state index in [-0.39, 0.29) is 6.09 Å². The molecule has 0 saturated heterocycles. The molecular formula is C17H21NO2S. The number of rotatable bonds is 3. The molecule has 0 atom stereocenters. The highest BCUT2D eigenvalue weighted by Crippen LogP contribution is 2.28. The lowest BCUT2D eigenvalue weighted by Gasteiger charge is -2.19. The van der Waals surface area contributed by atoms with Crippen molar-refractivity contribution in [3.63, 3.8) is 0 Å².